The zero-order chi connectivity index (χ0) is 11.7. The van der Waals surface area contributed by atoms with Crippen LogP contribution in [0.3, 0.4) is 0 Å². The lowest BCUT2D eigenvalue weighted by atomic mass is 10.0. The van der Waals surface area contributed by atoms with E-state index < -0.39 is 0 Å². The van der Waals surface area contributed by atoms with Crippen LogP contribution in [0.1, 0.15) is 31.2 Å². The molecule has 0 radical (unpaired) electrons. The van der Waals surface area contributed by atoms with Crippen LogP contribution in [0.5, 0.6) is 0 Å². The average Bonchev–Trinajstić information content (AvgIpc) is 3.13. The van der Waals surface area contributed by atoms with Crippen molar-refractivity contribution in [3.8, 4) is 0 Å². The first-order valence-electron chi connectivity index (χ1n) is 6.44. The number of aromatic nitrogens is 1. The zero-order valence-corrected chi connectivity index (χ0v) is 9.91. The Bertz CT molecular complexity index is 581. The molecule has 1 aromatic carbocycles. The third-order valence-corrected chi connectivity index (χ3v) is 3.59. The number of rotatable bonds is 4. The largest absolute Gasteiger partial charge is 0.322 e. The van der Waals surface area contributed by atoms with Gasteiger partial charge in [0.25, 0.3) is 0 Å². The molecule has 0 spiro atoms. The number of benzene rings is 1. The second-order valence-corrected chi connectivity index (χ2v) is 5.04. The number of para-hydroxylation sites is 1. The highest BCUT2D eigenvalue weighted by molar-refractivity contribution is 5.81. The fourth-order valence-corrected chi connectivity index (χ4v) is 2.47. The molecule has 17 heavy (non-hydrogen) atoms. The highest BCUT2D eigenvalue weighted by Crippen LogP contribution is 2.34. The molecule has 1 N–H and O–H groups in total. The highest BCUT2D eigenvalue weighted by atomic mass is 16.1. The summed E-state index contributed by atoms with van der Waals surface area (Å²) in [6.07, 6.45) is 6.38. The lowest BCUT2D eigenvalue weighted by molar-refractivity contribution is 0.667. The maximum atomic E-state index is 11.6. The number of pyridine rings is 1. The molecule has 0 amide bonds. The van der Waals surface area contributed by atoms with E-state index in [1.54, 1.807) is 6.07 Å². The van der Waals surface area contributed by atoms with Crippen LogP contribution >= 0.6 is 0 Å². The molecule has 3 rings (SSSR count). The van der Waals surface area contributed by atoms with Crippen molar-refractivity contribution in [2.24, 2.45) is 5.92 Å². The van der Waals surface area contributed by atoms with E-state index in [-0.39, 0.29) is 5.56 Å². The number of H-pyrrole nitrogens is 1. The van der Waals surface area contributed by atoms with Gasteiger partial charge in [-0.15, -0.1) is 0 Å². The molecular weight excluding hydrogens is 210 g/mol. The van der Waals surface area contributed by atoms with Gasteiger partial charge >= 0.3 is 0 Å². The molecule has 1 heterocycles. The van der Waals surface area contributed by atoms with E-state index in [0.29, 0.717) is 0 Å². The van der Waals surface area contributed by atoms with Crippen molar-refractivity contribution in [2.45, 2.75) is 32.1 Å². The normalized spacial score (nSPS) is 15.3. The topological polar surface area (TPSA) is 32.9 Å². The van der Waals surface area contributed by atoms with Gasteiger partial charge in [-0.25, -0.2) is 0 Å². The first kappa shape index (κ1) is 10.6. The third-order valence-electron chi connectivity index (χ3n) is 3.59. The smallest absolute Gasteiger partial charge is 0.248 e. The van der Waals surface area contributed by atoms with Crippen LogP contribution in [0, 0.1) is 5.92 Å². The predicted molar refractivity (Wildman–Crippen MR) is 70.2 cm³/mol. The fourth-order valence-electron chi connectivity index (χ4n) is 2.47. The number of nitrogens with one attached hydrogen (secondary N) is 1. The zero-order valence-electron chi connectivity index (χ0n) is 9.91. The van der Waals surface area contributed by atoms with Gasteiger partial charge in [0.15, 0.2) is 0 Å². The summed E-state index contributed by atoms with van der Waals surface area (Å²) in [5.74, 6) is 0.975. The second-order valence-electron chi connectivity index (χ2n) is 5.04. The Hall–Kier alpha value is -1.57. The lowest BCUT2D eigenvalue weighted by Crippen LogP contribution is -2.06. The average molecular weight is 227 g/mol. The van der Waals surface area contributed by atoms with Crippen molar-refractivity contribution < 1.29 is 0 Å². The van der Waals surface area contributed by atoms with Crippen molar-refractivity contribution in [3.63, 3.8) is 0 Å². The molecule has 0 saturated heterocycles. The van der Waals surface area contributed by atoms with Crippen LogP contribution in [0.4, 0.5) is 0 Å². The van der Waals surface area contributed by atoms with E-state index in [1.165, 1.54) is 36.6 Å². The van der Waals surface area contributed by atoms with Gasteiger partial charge in [-0.05, 0) is 30.4 Å². The molecule has 0 aliphatic heterocycles. The monoisotopic (exact) mass is 227 g/mol. The Labute approximate surface area is 101 Å². The standard InChI is InChI=1S/C15H17NO/c17-15-10-12(5-3-4-11-8-9-11)13-6-1-2-7-14(13)16-15/h1-2,6-7,10-11H,3-5,8-9H2,(H,16,17). The maximum Gasteiger partial charge on any atom is 0.248 e. The molecule has 2 aromatic rings. The summed E-state index contributed by atoms with van der Waals surface area (Å²) in [5.41, 5.74) is 2.18. The Kier molecular flexibility index (Phi) is 2.71. The van der Waals surface area contributed by atoms with E-state index in [1.807, 2.05) is 18.2 Å². The third kappa shape index (κ3) is 2.41. The molecular formula is C15H17NO. The van der Waals surface area contributed by atoms with Crippen LogP contribution in [-0.4, -0.2) is 4.98 Å². The first-order valence-corrected chi connectivity index (χ1v) is 6.44. The highest BCUT2D eigenvalue weighted by Gasteiger charge is 2.20. The Morgan fingerprint density at radius 2 is 2.06 bits per heavy atom. The van der Waals surface area contributed by atoms with Gasteiger partial charge in [0.05, 0.1) is 0 Å². The molecule has 0 unspecified atom stereocenters. The molecule has 2 nitrogen and oxygen atoms in total. The van der Waals surface area contributed by atoms with Crippen molar-refractivity contribution >= 4 is 10.9 Å². The molecule has 0 bridgehead atoms. The van der Waals surface area contributed by atoms with E-state index in [2.05, 4.69) is 11.1 Å². The summed E-state index contributed by atoms with van der Waals surface area (Å²) in [5, 5.41) is 1.20. The quantitative estimate of drug-likeness (QED) is 0.854. The summed E-state index contributed by atoms with van der Waals surface area (Å²) >= 11 is 0. The van der Waals surface area contributed by atoms with Gasteiger partial charge in [-0.2, -0.15) is 0 Å². The van der Waals surface area contributed by atoms with Gasteiger partial charge in [0.1, 0.15) is 0 Å². The lowest BCUT2D eigenvalue weighted by Gasteiger charge is -2.05. The summed E-state index contributed by atoms with van der Waals surface area (Å²) in [4.78, 5) is 14.4. The van der Waals surface area contributed by atoms with Crippen LogP contribution < -0.4 is 5.56 Å². The van der Waals surface area contributed by atoms with E-state index in [9.17, 15) is 4.79 Å². The Morgan fingerprint density at radius 1 is 1.24 bits per heavy atom. The second kappa shape index (κ2) is 4.36. The summed E-state index contributed by atoms with van der Waals surface area (Å²) < 4.78 is 0. The van der Waals surface area contributed by atoms with Crippen LogP contribution in [0.15, 0.2) is 35.1 Å². The number of hydrogen-bond acceptors (Lipinski definition) is 1. The van der Waals surface area contributed by atoms with Gasteiger partial charge in [-0.3, -0.25) is 4.79 Å². The number of hydrogen-bond donors (Lipinski definition) is 1. The SMILES string of the molecule is O=c1cc(CCCC2CC2)c2ccccc2[nH]1. The summed E-state index contributed by atoms with van der Waals surface area (Å²) in [6.45, 7) is 0. The van der Waals surface area contributed by atoms with Crippen LogP contribution in [0.25, 0.3) is 10.9 Å². The van der Waals surface area contributed by atoms with Crippen LogP contribution in [0.2, 0.25) is 0 Å². The molecule has 2 heteroatoms. The van der Waals surface area contributed by atoms with E-state index in [4.69, 9.17) is 0 Å². The van der Waals surface area contributed by atoms with E-state index >= 15 is 0 Å². The summed E-state index contributed by atoms with van der Waals surface area (Å²) in [7, 11) is 0. The predicted octanol–water partition coefficient (Wildman–Crippen LogP) is 3.26. The first-order chi connectivity index (χ1) is 8.33. The summed E-state index contributed by atoms with van der Waals surface area (Å²) in [6, 6.07) is 9.82. The molecule has 88 valence electrons. The van der Waals surface area contributed by atoms with Crippen molar-refractivity contribution in [1.82, 2.24) is 4.98 Å². The maximum absolute atomic E-state index is 11.6. The van der Waals surface area contributed by atoms with Crippen molar-refractivity contribution in [1.29, 1.82) is 0 Å². The minimum Gasteiger partial charge on any atom is -0.322 e. The fraction of sp³-hybridized carbons (Fsp3) is 0.400. The van der Waals surface area contributed by atoms with Gasteiger partial charge < -0.3 is 4.98 Å². The van der Waals surface area contributed by atoms with Crippen molar-refractivity contribution in [3.05, 3.63) is 46.2 Å². The molecule has 1 aromatic heterocycles. The minimum atomic E-state index is 0.0186. The number of aryl methyl sites for hydroxylation is 1. The number of fused-ring (bicyclic) bond motifs is 1. The molecule has 1 aliphatic rings. The molecule has 1 saturated carbocycles. The Morgan fingerprint density at radius 3 is 2.88 bits per heavy atom. The van der Waals surface area contributed by atoms with Gasteiger partial charge in [-0.1, -0.05) is 37.5 Å². The van der Waals surface area contributed by atoms with Gasteiger partial charge in [0, 0.05) is 17.0 Å². The molecule has 1 aliphatic carbocycles. The number of aromatic amines is 1. The molecule has 1 fully saturated rings. The Balaban J connectivity index is 1.87. The minimum absolute atomic E-state index is 0.0186. The van der Waals surface area contributed by atoms with Crippen LogP contribution in [-0.2, 0) is 6.42 Å². The molecule has 0 atom stereocenters. The van der Waals surface area contributed by atoms with E-state index in [0.717, 1.165) is 17.9 Å². The van der Waals surface area contributed by atoms with Gasteiger partial charge in [0.2, 0.25) is 5.56 Å². The van der Waals surface area contributed by atoms with Crippen molar-refractivity contribution in [2.75, 3.05) is 0 Å².